The maximum atomic E-state index is 12.5. The zero-order valence-corrected chi connectivity index (χ0v) is 19.7. The predicted octanol–water partition coefficient (Wildman–Crippen LogP) is 4.85. The first kappa shape index (κ1) is 25.3. The van der Waals surface area contributed by atoms with Gasteiger partial charge in [0.15, 0.2) is 0 Å². The van der Waals surface area contributed by atoms with E-state index in [1.54, 1.807) is 0 Å². The van der Waals surface area contributed by atoms with Crippen molar-refractivity contribution in [1.82, 2.24) is 10.6 Å². The van der Waals surface area contributed by atoms with Gasteiger partial charge in [-0.2, -0.15) is 0 Å². The average Bonchev–Trinajstić information content (AvgIpc) is 3.15. The molecule has 0 saturated heterocycles. The van der Waals surface area contributed by atoms with Gasteiger partial charge in [0.1, 0.15) is 12.6 Å². The highest BCUT2D eigenvalue weighted by Crippen LogP contribution is 2.44. The van der Waals surface area contributed by atoms with Crippen LogP contribution in [-0.4, -0.2) is 42.3 Å². The molecule has 1 atom stereocenters. The second kappa shape index (κ2) is 12.8. The Morgan fingerprint density at radius 1 is 0.912 bits per heavy atom. The first-order valence-electron chi connectivity index (χ1n) is 12.1. The van der Waals surface area contributed by atoms with Gasteiger partial charge in [-0.15, -0.1) is 0 Å². The third-order valence-corrected chi connectivity index (χ3v) is 6.16. The Morgan fingerprint density at radius 2 is 1.50 bits per heavy atom. The van der Waals surface area contributed by atoms with E-state index in [9.17, 15) is 19.5 Å². The van der Waals surface area contributed by atoms with E-state index in [1.165, 1.54) is 19.3 Å². The van der Waals surface area contributed by atoms with E-state index in [0.717, 1.165) is 41.5 Å². The molecular weight excluding hydrogens is 432 g/mol. The number of rotatable bonds is 13. The number of amides is 2. The first-order chi connectivity index (χ1) is 16.5. The molecule has 2 amide bonds. The molecule has 0 aliphatic heterocycles. The molecule has 0 radical (unpaired) electrons. The fourth-order valence-corrected chi connectivity index (χ4v) is 4.41. The summed E-state index contributed by atoms with van der Waals surface area (Å²) in [7, 11) is 0. The summed E-state index contributed by atoms with van der Waals surface area (Å²) in [5.74, 6) is -1.79. The molecule has 7 nitrogen and oxygen atoms in total. The lowest BCUT2D eigenvalue weighted by molar-refractivity contribution is -0.139. The highest BCUT2D eigenvalue weighted by molar-refractivity contribution is 5.89. The first-order valence-corrected chi connectivity index (χ1v) is 12.1. The molecule has 1 aliphatic carbocycles. The van der Waals surface area contributed by atoms with Crippen LogP contribution in [-0.2, 0) is 14.3 Å². The number of carboxylic acids is 1. The van der Waals surface area contributed by atoms with Gasteiger partial charge in [0.25, 0.3) is 0 Å². The van der Waals surface area contributed by atoms with Gasteiger partial charge in [-0.1, -0.05) is 87.6 Å². The maximum Gasteiger partial charge on any atom is 0.407 e. The minimum absolute atomic E-state index is 0.0963. The molecule has 7 heteroatoms. The molecule has 2 aromatic carbocycles. The summed E-state index contributed by atoms with van der Waals surface area (Å²) >= 11 is 0. The van der Waals surface area contributed by atoms with E-state index in [0.29, 0.717) is 6.54 Å². The Balaban J connectivity index is 1.52. The van der Waals surface area contributed by atoms with Gasteiger partial charge in [-0.25, -0.2) is 4.79 Å². The fourth-order valence-electron chi connectivity index (χ4n) is 4.41. The molecule has 1 aliphatic rings. The van der Waals surface area contributed by atoms with Crippen molar-refractivity contribution in [1.29, 1.82) is 0 Å². The number of nitrogens with one attached hydrogen (secondary N) is 2. The summed E-state index contributed by atoms with van der Waals surface area (Å²) in [6.45, 7) is 2.71. The zero-order valence-electron chi connectivity index (χ0n) is 19.7. The van der Waals surface area contributed by atoms with Crippen molar-refractivity contribution in [3.63, 3.8) is 0 Å². The Kier molecular flexibility index (Phi) is 9.50. The van der Waals surface area contributed by atoms with Gasteiger partial charge in [0.05, 0.1) is 6.42 Å². The van der Waals surface area contributed by atoms with Gasteiger partial charge in [-0.3, -0.25) is 9.59 Å². The topological polar surface area (TPSA) is 105 Å². The largest absolute Gasteiger partial charge is 0.481 e. The second-order valence-electron chi connectivity index (χ2n) is 8.68. The molecule has 2 aromatic rings. The molecule has 182 valence electrons. The van der Waals surface area contributed by atoms with Crippen molar-refractivity contribution in [2.24, 2.45) is 0 Å². The maximum absolute atomic E-state index is 12.5. The third-order valence-electron chi connectivity index (χ3n) is 6.16. The lowest BCUT2D eigenvalue weighted by atomic mass is 9.98. The summed E-state index contributed by atoms with van der Waals surface area (Å²) in [5, 5.41) is 14.4. The number of hydrogen-bond donors (Lipinski definition) is 3. The number of carboxylic acid groups (broad SMARTS) is 1. The van der Waals surface area contributed by atoms with E-state index in [1.807, 2.05) is 48.5 Å². The van der Waals surface area contributed by atoms with Crippen LogP contribution in [0.4, 0.5) is 4.79 Å². The van der Waals surface area contributed by atoms with Crippen LogP contribution in [0.15, 0.2) is 48.5 Å². The average molecular weight is 467 g/mol. The summed E-state index contributed by atoms with van der Waals surface area (Å²) in [4.78, 5) is 36.2. The molecule has 0 heterocycles. The van der Waals surface area contributed by atoms with Gasteiger partial charge < -0.3 is 20.5 Å². The number of alkyl carbamates (subject to hydrolysis) is 1. The van der Waals surface area contributed by atoms with Crippen LogP contribution in [0, 0.1) is 0 Å². The lowest BCUT2D eigenvalue weighted by Crippen LogP contribution is -2.48. The summed E-state index contributed by atoms with van der Waals surface area (Å²) < 4.78 is 5.46. The summed E-state index contributed by atoms with van der Waals surface area (Å²) in [6, 6.07) is 14.8. The van der Waals surface area contributed by atoms with E-state index < -0.39 is 30.4 Å². The van der Waals surface area contributed by atoms with Gasteiger partial charge in [-0.05, 0) is 28.7 Å². The molecule has 3 rings (SSSR count). The highest BCUT2D eigenvalue weighted by atomic mass is 16.5. The van der Waals surface area contributed by atoms with Crippen molar-refractivity contribution in [2.75, 3.05) is 13.2 Å². The number of unbranched alkanes of at least 4 members (excludes halogenated alkanes) is 5. The van der Waals surface area contributed by atoms with E-state index >= 15 is 0 Å². The van der Waals surface area contributed by atoms with Crippen molar-refractivity contribution >= 4 is 18.0 Å². The lowest BCUT2D eigenvalue weighted by Gasteiger charge is -2.18. The van der Waals surface area contributed by atoms with Crippen molar-refractivity contribution in [3.05, 3.63) is 59.7 Å². The van der Waals surface area contributed by atoms with E-state index in [2.05, 4.69) is 17.6 Å². The van der Waals surface area contributed by atoms with Crippen LogP contribution in [0.25, 0.3) is 11.1 Å². The normalized spacial score (nSPS) is 13.0. The number of benzene rings is 2. The van der Waals surface area contributed by atoms with Crippen molar-refractivity contribution in [3.8, 4) is 11.1 Å². The minimum Gasteiger partial charge on any atom is -0.481 e. The SMILES string of the molecule is CCCCCCCCNC(=O)C(CC(=O)O)NC(=O)OCC1c2ccccc2-c2ccccc21. The predicted molar refractivity (Wildman–Crippen MR) is 131 cm³/mol. The monoisotopic (exact) mass is 466 g/mol. The van der Waals surface area contributed by atoms with Crippen molar-refractivity contribution < 1.29 is 24.2 Å². The number of aliphatic carboxylic acids is 1. The number of fused-ring (bicyclic) bond motifs is 3. The fraction of sp³-hybridized carbons (Fsp3) is 0.444. The molecule has 1 unspecified atom stereocenters. The second-order valence-corrected chi connectivity index (χ2v) is 8.68. The Labute approximate surface area is 200 Å². The van der Waals surface area contributed by atoms with E-state index in [4.69, 9.17) is 4.74 Å². The summed E-state index contributed by atoms with van der Waals surface area (Å²) in [6.07, 6.45) is 5.18. The Bertz CT molecular complexity index is 945. The van der Waals surface area contributed by atoms with Crippen LogP contribution < -0.4 is 10.6 Å². The standard InChI is InChI=1S/C27H34N2O5/c1-2-3-4-5-6-11-16-28-26(32)24(17-25(30)31)29-27(33)34-18-23-21-14-9-7-12-19(21)20-13-8-10-15-22(20)23/h7-10,12-15,23-24H,2-6,11,16-18H2,1H3,(H,28,32)(H,29,33)(H,30,31). The number of hydrogen-bond acceptors (Lipinski definition) is 4. The minimum atomic E-state index is -1.19. The molecule has 0 fully saturated rings. The molecule has 0 spiro atoms. The van der Waals surface area contributed by atoms with Crippen LogP contribution >= 0.6 is 0 Å². The Morgan fingerprint density at radius 3 is 2.12 bits per heavy atom. The molecule has 0 saturated carbocycles. The summed E-state index contributed by atoms with van der Waals surface area (Å²) in [5.41, 5.74) is 4.39. The number of carbonyl (C=O) groups excluding carboxylic acids is 2. The van der Waals surface area contributed by atoms with Crippen LogP contribution in [0.2, 0.25) is 0 Å². The molecule has 0 aromatic heterocycles. The quantitative estimate of drug-likeness (QED) is 0.366. The Hall–Kier alpha value is -3.35. The van der Waals surface area contributed by atoms with Crippen LogP contribution in [0.3, 0.4) is 0 Å². The molecule has 0 bridgehead atoms. The zero-order chi connectivity index (χ0) is 24.3. The van der Waals surface area contributed by atoms with Crippen LogP contribution in [0.1, 0.15) is 68.9 Å². The molecular formula is C27H34N2O5. The number of carbonyl (C=O) groups is 3. The van der Waals surface area contributed by atoms with Gasteiger partial charge in [0, 0.05) is 12.5 Å². The highest BCUT2D eigenvalue weighted by Gasteiger charge is 2.30. The smallest absolute Gasteiger partial charge is 0.407 e. The third kappa shape index (κ3) is 6.83. The molecule has 3 N–H and O–H groups in total. The van der Waals surface area contributed by atoms with Crippen molar-refractivity contribution in [2.45, 2.75) is 63.8 Å². The number of ether oxygens (including phenoxy) is 1. The van der Waals surface area contributed by atoms with Gasteiger partial charge >= 0.3 is 12.1 Å². The van der Waals surface area contributed by atoms with E-state index in [-0.39, 0.29) is 12.5 Å². The van der Waals surface area contributed by atoms with Gasteiger partial charge in [0.2, 0.25) is 5.91 Å². The molecule has 34 heavy (non-hydrogen) atoms. The van der Waals surface area contributed by atoms with Crippen LogP contribution in [0.5, 0.6) is 0 Å².